The summed E-state index contributed by atoms with van der Waals surface area (Å²) in [6, 6.07) is 4.57. The summed E-state index contributed by atoms with van der Waals surface area (Å²) >= 11 is 1.05. The molecular weight excluding hydrogens is 274 g/mol. The SMILES string of the molecule is Cc1oc(CSc2cc(F)ccc2F)cc1C(=O)O. The van der Waals surface area contributed by atoms with Gasteiger partial charge < -0.3 is 9.52 Å². The minimum absolute atomic E-state index is 0.0790. The zero-order valence-electron chi connectivity index (χ0n) is 9.94. The molecule has 1 heterocycles. The summed E-state index contributed by atoms with van der Waals surface area (Å²) < 4.78 is 31.6. The first kappa shape index (κ1) is 13.6. The number of hydrogen-bond acceptors (Lipinski definition) is 3. The number of aromatic carboxylic acids is 1. The van der Waals surface area contributed by atoms with E-state index < -0.39 is 17.6 Å². The van der Waals surface area contributed by atoms with Crippen molar-refractivity contribution in [3.63, 3.8) is 0 Å². The maximum atomic E-state index is 13.4. The molecule has 0 saturated heterocycles. The van der Waals surface area contributed by atoms with E-state index in [1.165, 1.54) is 6.07 Å². The van der Waals surface area contributed by atoms with Crippen LogP contribution in [0.15, 0.2) is 33.6 Å². The van der Waals surface area contributed by atoms with Gasteiger partial charge in [0.1, 0.15) is 28.7 Å². The fraction of sp³-hybridized carbons (Fsp3) is 0.154. The van der Waals surface area contributed by atoms with Crippen LogP contribution in [0.25, 0.3) is 0 Å². The van der Waals surface area contributed by atoms with E-state index in [1.807, 2.05) is 0 Å². The Hall–Kier alpha value is -1.82. The predicted molar refractivity (Wildman–Crippen MR) is 66.3 cm³/mol. The van der Waals surface area contributed by atoms with Gasteiger partial charge in [-0.25, -0.2) is 13.6 Å². The first-order valence-electron chi connectivity index (χ1n) is 5.38. The van der Waals surface area contributed by atoms with Gasteiger partial charge in [0.15, 0.2) is 0 Å². The molecule has 6 heteroatoms. The third kappa shape index (κ3) is 3.14. The Balaban J connectivity index is 2.12. The first-order chi connectivity index (χ1) is 8.97. The average molecular weight is 284 g/mol. The molecule has 100 valence electrons. The Kier molecular flexibility index (Phi) is 3.90. The van der Waals surface area contributed by atoms with Crippen LogP contribution in [0, 0.1) is 18.6 Å². The number of furan rings is 1. The normalized spacial score (nSPS) is 10.7. The molecule has 0 atom stereocenters. The molecule has 0 spiro atoms. The molecule has 0 aliphatic carbocycles. The molecule has 1 N–H and O–H groups in total. The van der Waals surface area contributed by atoms with Gasteiger partial charge in [0, 0.05) is 4.90 Å². The van der Waals surface area contributed by atoms with E-state index in [-0.39, 0.29) is 16.2 Å². The minimum atomic E-state index is -1.07. The standard InChI is InChI=1S/C13H10F2O3S/c1-7-10(13(16)17)5-9(18-7)6-19-12-4-8(14)2-3-11(12)15/h2-5H,6H2,1H3,(H,16,17). The fourth-order valence-corrected chi connectivity index (χ4v) is 2.41. The Bertz CT molecular complexity index is 622. The lowest BCUT2D eigenvalue weighted by molar-refractivity contribution is 0.0695. The summed E-state index contributed by atoms with van der Waals surface area (Å²) in [6.07, 6.45) is 0. The van der Waals surface area contributed by atoms with Crippen molar-refractivity contribution in [3.05, 3.63) is 53.0 Å². The molecule has 0 radical (unpaired) electrons. The van der Waals surface area contributed by atoms with Crippen molar-refractivity contribution in [2.45, 2.75) is 17.6 Å². The van der Waals surface area contributed by atoms with E-state index in [1.54, 1.807) is 6.92 Å². The molecule has 0 fully saturated rings. The highest BCUT2D eigenvalue weighted by atomic mass is 32.2. The topological polar surface area (TPSA) is 50.4 Å². The molecule has 0 unspecified atom stereocenters. The molecule has 1 aromatic heterocycles. The number of benzene rings is 1. The van der Waals surface area contributed by atoms with Crippen molar-refractivity contribution in [2.75, 3.05) is 0 Å². The minimum Gasteiger partial charge on any atom is -0.478 e. The van der Waals surface area contributed by atoms with E-state index in [2.05, 4.69) is 0 Å². The number of hydrogen-bond donors (Lipinski definition) is 1. The predicted octanol–water partition coefficient (Wildman–Crippen LogP) is 3.86. The van der Waals surface area contributed by atoms with E-state index in [0.29, 0.717) is 11.5 Å². The second-order valence-corrected chi connectivity index (χ2v) is 4.87. The van der Waals surface area contributed by atoms with E-state index >= 15 is 0 Å². The molecule has 2 aromatic rings. The largest absolute Gasteiger partial charge is 0.478 e. The van der Waals surface area contributed by atoms with Crippen LogP contribution in [0.3, 0.4) is 0 Å². The Morgan fingerprint density at radius 1 is 1.37 bits per heavy atom. The quantitative estimate of drug-likeness (QED) is 0.866. The van der Waals surface area contributed by atoms with Crippen molar-refractivity contribution in [2.24, 2.45) is 0 Å². The molecule has 0 aliphatic rings. The molecule has 0 amide bonds. The highest BCUT2D eigenvalue weighted by Crippen LogP contribution is 2.28. The van der Waals surface area contributed by atoms with E-state index in [0.717, 1.165) is 30.0 Å². The maximum absolute atomic E-state index is 13.4. The summed E-state index contributed by atoms with van der Waals surface area (Å²) in [7, 11) is 0. The van der Waals surface area contributed by atoms with Gasteiger partial charge in [-0.15, -0.1) is 11.8 Å². The monoisotopic (exact) mass is 284 g/mol. The lowest BCUT2D eigenvalue weighted by Gasteiger charge is -2.01. The molecule has 1 aromatic carbocycles. The number of rotatable bonds is 4. The van der Waals surface area contributed by atoms with Crippen LogP contribution in [0.2, 0.25) is 0 Å². The molecule has 0 saturated carbocycles. The third-order valence-electron chi connectivity index (χ3n) is 2.46. The molecule has 2 rings (SSSR count). The van der Waals surface area contributed by atoms with Gasteiger partial charge in [0.25, 0.3) is 0 Å². The number of carbonyl (C=O) groups is 1. The van der Waals surface area contributed by atoms with Crippen molar-refractivity contribution >= 4 is 17.7 Å². The third-order valence-corrected chi connectivity index (χ3v) is 3.52. The lowest BCUT2D eigenvalue weighted by Crippen LogP contribution is -1.94. The summed E-state index contributed by atoms with van der Waals surface area (Å²) in [6.45, 7) is 1.54. The Labute approximate surface area is 112 Å². The van der Waals surface area contributed by atoms with Gasteiger partial charge in [-0.2, -0.15) is 0 Å². The summed E-state index contributed by atoms with van der Waals surface area (Å²) in [5.74, 6) is -1.19. The highest BCUT2D eigenvalue weighted by molar-refractivity contribution is 7.98. The van der Waals surface area contributed by atoms with Crippen LogP contribution < -0.4 is 0 Å². The van der Waals surface area contributed by atoms with E-state index in [9.17, 15) is 13.6 Å². The molecule has 19 heavy (non-hydrogen) atoms. The van der Waals surface area contributed by atoms with Gasteiger partial charge in [-0.3, -0.25) is 0 Å². The van der Waals surface area contributed by atoms with Crippen LogP contribution in [-0.4, -0.2) is 11.1 Å². The number of carboxylic acids is 1. The Morgan fingerprint density at radius 2 is 2.11 bits per heavy atom. The van der Waals surface area contributed by atoms with Crippen LogP contribution in [0.4, 0.5) is 8.78 Å². The molecule has 0 aliphatic heterocycles. The zero-order chi connectivity index (χ0) is 14.0. The second-order valence-electron chi connectivity index (χ2n) is 3.85. The molecule has 3 nitrogen and oxygen atoms in total. The van der Waals surface area contributed by atoms with Gasteiger partial charge in [0.05, 0.1) is 5.75 Å². The van der Waals surface area contributed by atoms with Crippen molar-refractivity contribution < 1.29 is 23.1 Å². The number of thioether (sulfide) groups is 1. The number of carboxylic acid groups (broad SMARTS) is 1. The van der Waals surface area contributed by atoms with E-state index in [4.69, 9.17) is 9.52 Å². The smallest absolute Gasteiger partial charge is 0.339 e. The maximum Gasteiger partial charge on any atom is 0.339 e. The van der Waals surface area contributed by atoms with Crippen molar-refractivity contribution in [1.82, 2.24) is 0 Å². The first-order valence-corrected chi connectivity index (χ1v) is 6.36. The molecular formula is C13H10F2O3S. The molecule has 0 bridgehead atoms. The highest BCUT2D eigenvalue weighted by Gasteiger charge is 2.14. The van der Waals surface area contributed by atoms with Crippen LogP contribution in [-0.2, 0) is 5.75 Å². The zero-order valence-corrected chi connectivity index (χ0v) is 10.8. The number of halogens is 2. The van der Waals surface area contributed by atoms with Crippen molar-refractivity contribution in [1.29, 1.82) is 0 Å². The van der Waals surface area contributed by atoms with Crippen LogP contribution >= 0.6 is 11.8 Å². The van der Waals surface area contributed by atoms with Gasteiger partial charge in [-0.05, 0) is 31.2 Å². The van der Waals surface area contributed by atoms with Gasteiger partial charge >= 0.3 is 5.97 Å². The van der Waals surface area contributed by atoms with Crippen LogP contribution in [0.1, 0.15) is 21.9 Å². The average Bonchev–Trinajstić information content (AvgIpc) is 2.72. The van der Waals surface area contributed by atoms with Gasteiger partial charge in [-0.1, -0.05) is 0 Å². The Morgan fingerprint density at radius 3 is 2.74 bits per heavy atom. The summed E-state index contributed by atoms with van der Waals surface area (Å²) in [4.78, 5) is 11.0. The van der Waals surface area contributed by atoms with Crippen LogP contribution in [0.5, 0.6) is 0 Å². The number of aryl methyl sites for hydroxylation is 1. The van der Waals surface area contributed by atoms with Crippen molar-refractivity contribution in [3.8, 4) is 0 Å². The summed E-state index contributed by atoms with van der Waals surface area (Å²) in [5.41, 5.74) is 0.0790. The van der Waals surface area contributed by atoms with Gasteiger partial charge in [0.2, 0.25) is 0 Å². The lowest BCUT2D eigenvalue weighted by atomic mass is 10.2. The summed E-state index contributed by atoms with van der Waals surface area (Å²) in [5, 5.41) is 8.87. The second kappa shape index (κ2) is 5.44. The fourth-order valence-electron chi connectivity index (χ4n) is 1.56.